The third-order valence-corrected chi connectivity index (χ3v) is 3.24. The summed E-state index contributed by atoms with van der Waals surface area (Å²) < 4.78 is 0. The Hall–Kier alpha value is -1.51. The van der Waals surface area contributed by atoms with Gasteiger partial charge in [-0.2, -0.15) is 0 Å². The Kier molecular flexibility index (Phi) is 2.86. The molecule has 1 saturated carbocycles. The van der Waals surface area contributed by atoms with Crippen molar-refractivity contribution >= 4 is 17.3 Å². The predicted molar refractivity (Wildman–Crippen MR) is 66.1 cm³/mol. The molecule has 3 heteroatoms. The van der Waals surface area contributed by atoms with Crippen LogP contribution in [0.25, 0.3) is 0 Å². The molecule has 0 radical (unpaired) electrons. The summed E-state index contributed by atoms with van der Waals surface area (Å²) in [7, 11) is 0. The lowest BCUT2D eigenvalue weighted by Gasteiger charge is -2.08. The molecular formula is C13H18N2O. The molecule has 0 aromatic heterocycles. The lowest BCUT2D eigenvalue weighted by molar-refractivity contribution is -0.117. The molecule has 1 aromatic carbocycles. The van der Waals surface area contributed by atoms with E-state index < -0.39 is 0 Å². The fourth-order valence-corrected chi connectivity index (χ4v) is 1.92. The van der Waals surface area contributed by atoms with Crippen LogP contribution in [0, 0.1) is 11.8 Å². The number of hydrogen-bond donors (Lipinski definition) is 2. The minimum absolute atomic E-state index is 0.121. The van der Waals surface area contributed by atoms with Crippen molar-refractivity contribution in [3.63, 3.8) is 0 Å². The smallest absolute Gasteiger partial charge is 0.227 e. The Balaban J connectivity index is 2.04. The standard InChI is InChI=1S/C13H18N2O/c1-3-9-4-5-10(7-12(9)14)15-13(16)11-6-8(11)2/h4-5,7-8,11H,3,6,14H2,1-2H3,(H,15,16). The van der Waals surface area contributed by atoms with E-state index >= 15 is 0 Å². The number of nitrogen functional groups attached to an aromatic ring is 1. The van der Waals surface area contributed by atoms with Crippen molar-refractivity contribution in [3.05, 3.63) is 23.8 Å². The van der Waals surface area contributed by atoms with Gasteiger partial charge in [-0.15, -0.1) is 0 Å². The molecule has 3 N–H and O–H groups in total. The number of amides is 1. The molecule has 1 aromatic rings. The Morgan fingerprint density at radius 2 is 2.25 bits per heavy atom. The lowest BCUT2D eigenvalue weighted by Crippen LogP contribution is -2.14. The van der Waals surface area contributed by atoms with E-state index in [-0.39, 0.29) is 11.8 Å². The van der Waals surface area contributed by atoms with Gasteiger partial charge in [-0.25, -0.2) is 0 Å². The van der Waals surface area contributed by atoms with Gasteiger partial charge in [0.15, 0.2) is 0 Å². The highest BCUT2D eigenvalue weighted by Crippen LogP contribution is 2.38. The average Bonchev–Trinajstić information content (AvgIpc) is 2.96. The van der Waals surface area contributed by atoms with Crippen LogP contribution in [0.3, 0.4) is 0 Å². The maximum atomic E-state index is 11.7. The molecule has 2 rings (SSSR count). The third kappa shape index (κ3) is 2.18. The lowest BCUT2D eigenvalue weighted by atomic mass is 10.1. The fraction of sp³-hybridized carbons (Fsp3) is 0.462. The van der Waals surface area contributed by atoms with Gasteiger partial charge >= 0.3 is 0 Å². The number of nitrogens with one attached hydrogen (secondary N) is 1. The molecule has 0 spiro atoms. The molecule has 2 unspecified atom stereocenters. The minimum Gasteiger partial charge on any atom is -0.398 e. The second-order valence-electron chi connectivity index (χ2n) is 4.58. The molecule has 0 saturated heterocycles. The van der Waals surface area contributed by atoms with Crippen molar-refractivity contribution in [2.45, 2.75) is 26.7 Å². The maximum Gasteiger partial charge on any atom is 0.227 e. The molecule has 16 heavy (non-hydrogen) atoms. The predicted octanol–water partition coefficient (Wildman–Crippen LogP) is 2.43. The first-order valence-corrected chi connectivity index (χ1v) is 5.81. The van der Waals surface area contributed by atoms with Crippen LogP contribution in [0.1, 0.15) is 25.8 Å². The van der Waals surface area contributed by atoms with Crippen molar-refractivity contribution in [3.8, 4) is 0 Å². The van der Waals surface area contributed by atoms with Crippen molar-refractivity contribution in [1.29, 1.82) is 0 Å². The van der Waals surface area contributed by atoms with Crippen LogP contribution in [0.2, 0.25) is 0 Å². The van der Waals surface area contributed by atoms with E-state index in [9.17, 15) is 4.79 Å². The van der Waals surface area contributed by atoms with E-state index in [0.717, 1.165) is 29.8 Å². The second-order valence-corrected chi connectivity index (χ2v) is 4.58. The second kappa shape index (κ2) is 4.16. The van der Waals surface area contributed by atoms with Gasteiger partial charge in [-0.3, -0.25) is 4.79 Å². The molecule has 3 nitrogen and oxygen atoms in total. The van der Waals surface area contributed by atoms with Crippen LogP contribution in [0.15, 0.2) is 18.2 Å². The Morgan fingerprint density at radius 1 is 1.56 bits per heavy atom. The van der Waals surface area contributed by atoms with Gasteiger partial charge in [0.05, 0.1) is 0 Å². The minimum atomic E-state index is 0.121. The Bertz CT molecular complexity index is 414. The summed E-state index contributed by atoms with van der Waals surface area (Å²) in [5.74, 6) is 0.857. The van der Waals surface area contributed by atoms with Crippen LogP contribution in [-0.4, -0.2) is 5.91 Å². The summed E-state index contributed by atoms with van der Waals surface area (Å²) in [5, 5.41) is 2.91. The molecule has 2 atom stereocenters. The van der Waals surface area contributed by atoms with Crippen molar-refractivity contribution in [2.24, 2.45) is 11.8 Å². The van der Waals surface area contributed by atoms with Crippen LogP contribution in [-0.2, 0) is 11.2 Å². The maximum absolute atomic E-state index is 11.7. The topological polar surface area (TPSA) is 55.1 Å². The normalized spacial score (nSPS) is 22.9. The van der Waals surface area contributed by atoms with Gasteiger partial charge in [-0.1, -0.05) is 19.9 Å². The molecule has 86 valence electrons. The van der Waals surface area contributed by atoms with Crippen molar-refractivity contribution < 1.29 is 4.79 Å². The summed E-state index contributed by atoms with van der Waals surface area (Å²) in [5.41, 5.74) is 8.56. The average molecular weight is 218 g/mol. The highest BCUT2D eigenvalue weighted by Gasteiger charge is 2.39. The SMILES string of the molecule is CCc1ccc(NC(=O)C2CC2C)cc1N. The highest BCUT2D eigenvalue weighted by atomic mass is 16.2. The summed E-state index contributed by atoms with van der Waals surface area (Å²) in [6, 6.07) is 5.73. The van der Waals surface area contributed by atoms with E-state index in [4.69, 9.17) is 5.73 Å². The molecule has 0 aliphatic heterocycles. The molecule has 1 amide bonds. The van der Waals surface area contributed by atoms with Gasteiger partial charge in [0.1, 0.15) is 0 Å². The van der Waals surface area contributed by atoms with E-state index in [2.05, 4.69) is 19.2 Å². The fourth-order valence-electron chi connectivity index (χ4n) is 1.92. The van der Waals surface area contributed by atoms with E-state index in [1.54, 1.807) is 0 Å². The molecule has 1 fully saturated rings. The first-order chi connectivity index (χ1) is 7.61. The number of benzene rings is 1. The number of carbonyl (C=O) groups excluding carboxylic acids is 1. The quantitative estimate of drug-likeness (QED) is 0.765. The first kappa shape index (κ1) is 11.0. The van der Waals surface area contributed by atoms with Crippen LogP contribution >= 0.6 is 0 Å². The molecule has 0 heterocycles. The summed E-state index contributed by atoms with van der Waals surface area (Å²) in [6.07, 6.45) is 1.92. The van der Waals surface area contributed by atoms with Gasteiger partial charge in [0, 0.05) is 17.3 Å². The van der Waals surface area contributed by atoms with Crippen LogP contribution in [0.4, 0.5) is 11.4 Å². The first-order valence-electron chi connectivity index (χ1n) is 5.81. The van der Waals surface area contributed by atoms with Crippen molar-refractivity contribution in [2.75, 3.05) is 11.1 Å². The largest absolute Gasteiger partial charge is 0.398 e. The van der Waals surface area contributed by atoms with Gasteiger partial charge in [0.2, 0.25) is 5.91 Å². The molecular weight excluding hydrogens is 200 g/mol. The summed E-state index contributed by atoms with van der Waals surface area (Å²) in [4.78, 5) is 11.7. The molecule has 1 aliphatic rings. The Morgan fingerprint density at radius 3 is 2.75 bits per heavy atom. The summed E-state index contributed by atoms with van der Waals surface area (Å²) >= 11 is 0. The van der Waals surface area contributed by atoms with E-state index in [1.807, 2.05) is 18.2 Å². The molecule has 0 bridgehead atoms. The third-order valence-electron chi connectivity index (χ3n) is 3.24. The van der Waals surface area contributed by atoms with Crippen LogP contribution < -0.4 is 11.1 Å². The zero-order chi connectivity index (χ0) is 11.7. The van der Waals surface area contributed by atoms with E-state index in [1.165, 1.54) is 0 Å². The number of rotatable bonds is 3. The zero-order valence-electron chi connectivity index (χ0n) is 9.79. The number of nitrogens with two attached hydrogens (primary N) is 1. The number of anilines is 2. The van der Waals surface area contributed by atoms with Gasteiger partial charge in [-0.05, 0) is 36.5 Å². The number of aryl methyl sites for hydroxylation is 1. The zero-order valence-corrected chi connectivity index (χ0v) is 9.79. The van der Waals surface area contributed by atoms with Crippen molar-refractivity contribution in [1.82, 2.24) is 0 Å². The number of carbonyl (C=O) groups is 1. The summed E-state index contributed by atoms with van der Waals surface area (Å²) in [6.45, 7) is 4.16. The van der Waals surface area contributed by atoms with Crippen LogP contribution in [0.5, 0.6) is 0 Å². The van der Waals surface area contributed by atoms with Gasteiger partial charge in [0.25, 0.3) is 0 Å². The monoisotopic (exact) mass is 218 g/mol. The van der Waals surface area contributed by atoms with E-state index in [0.29, 0.717) is 5.92 Å². The van der Waals surface area contributed by atoms with Gasteiger partial charge < -0.3 is 11.1 Å². The molecule has 1 aliphatic carbocycles. The Labute approximate surface area is 96.0 Å². The number of hydrogen-bond acceptors (Lipinski definition) is 2. The highest BCUT2D eigenvalue weighted by molar-refractivity contribution is 5.94.